The Bertz CT molecular complexity index is 1680. The van der Waals surface area contributed by atoms with Crippen molar-refractivity contribution >= 4 is 31.1 Å². The molecule has 0 aliphatic rings. The van der Waals surface area contributed by atoms with E-state index in [0.717, 1.165) is 9.52 Å². The van der Waals surface area contributed by atoms with Gasteiger partial charge in [-0.15, -0.1) is 69.1 Å². The molecule has 0 aromatic heterocycles. The standard InChI is InChI=1S/2C19H19.C2H6Si.Zr/c2*1-12-8-16-6-5-7-17(19(16)9-12)18-11-14(3)13(2)10-15(18)4;1-3-2;/h2*5-11H,1-4H3;1-2H3;/q2*-1;;+2. The second-order valence-corrected chi connectivity index (χ2v) is 12.7. The summed E-state index contributed by atoms with van der Waals surface area (Å²) in [7, 11) is 1.08. The van der Waals surface area contributed by atoms with E-state index in [-0.39, 0.29) is 26.2 Å². The first kappa shape index (κ1) is 33.7. The van der Waals surface area contributed by atoms with Gasteiger partial charge in [-0.05, 0) is 86.1 Å². The predicted octanol–water partition coefficient (Wildman–Crippen LogP) is 11.7. The summed E-state index contributed by atoms with van der Waals surface area (Å²) in [5.41, 5.74) is 16.3. The summed E-state index contributed by atoms with van der Waals surface area (Å²) < 4.78 is 0. The average molecular weight is 644 g/mol. The maximum atomic E-state index is 2.32. The molecule has 6 aromatic carbocycles. The van der Waals surface area contributed by atoms with Crippen LogP contribution in [0.4, 0.5) is 0 Å². The molecule has 0 spiro atoms. The number of aryl methyl sites for hydroxylation is 8. The fraction of sp³-hybridized carbons (Fsp3) is 0.250. The zero-order valence-corrected chi connectivity index (χ0v) is 30.5. The Kier molecular flexibility index (Phi) is 11.7. The van der Waals surface area contributed by atoms with Gasteiger partial charge in [0.25, 0.3) is 0 Å². The van der Waals surface area contributed by atoms with E-state index in [1.807, 2.05) is 0 Å². The minimum Gasteiger partial charge on any atom is -0.165 e. The number of hydrogen-bond donors (Lipinski definition) is 0. The summed E-state index contributed by atoms with van der Waals surface area (Å²) in [6.07, 6.45) is 0. The minimum atomic E-state index is 0. The van der Waals surface area contributed by atoms with Crippen LogP contribution in [0, 0.1) is 55.4 Å². The molecule has 0 aliphatic carbocycles. The third-order valence-corrected chi connectivity index (χ3v) is 8.05. The van der Waals surface area contributed by atoms with Gasteiger partial charge in [-0.1, -0.05) is 74.5 Å². The Labute approximate surface area is 275 Å². The maximum Gasteiger partial charge on any atom is 2.00 e. The van der Waals surface area contributed by atoms with Crippen molar-refractivity contribution in [3.05, 3.63) is 129 Å². The van der Waals surface area contributed by atoms with Gasteiger partial charge >= 0.3 is 26.2 Å². The number of fused-ring (bicyclic) bond motifs is 2. The third kappa shape index (κ3) is 7.39. The van der Waals surface area contributed by atoms with Gasteiger partial charge < -0.3 is 0 Å². The van der Waals surface area contributed by atoms with Crippen LogP contribution < -0.4 is 0 Å². The Morgan fingerprint density at radius 1 is 0.429 bits per heavy atom. The summed E-state index contributed by atoms with van der Waals surface area (Å²) in [5, 5.41) is 5.41. The average Bonchev–Trinajstić information content (AvgIpc) is 3.50. The molecule has 0 saturated heterocycles. The molecule has 0 atom stereocenters. The van der Waals surface area contributed by atoms with Crippen molar-refractivity contribution in [2.45, 2.75) is 68.5 Å². The van der Waals surface area contributed by atoms with Crippen LogP contribution in [0.5, 0.6) is 0 Å². The van der Waals surface area contributed by atoms with Gasteiger partial charge in [0, 0.05) is 9.52 Å². The van der Waals surface area contributed by atoms with Crippen LogP contribution in [0.1, 0.15) is 44.5 Å². The summed E-state index contributed by atoms with van der Waals surface area (Å²) in [6, 6.07) is 31.5. The van der Waals surface area contributed by atoms with Crippen molar-refractivity contribution in [2.75, 3.05) is 0 Å². The van der Waals surface area contributed by atoms with Gasteiger partial charge in [-0.25, -0.2) is 0 Å². The normalized spacial score (nSPS) is 10.5. The van der Waals surface area contributed by atoms with Gasteiger partial charge in [0.1, 0.15) is 0 Å². The van der Waals surface area contributed by atoms with E-state index < -0.39 is 0 Å². The van der Waals surface area contributed by atoms with E-state index in [1.54, 1.807) is 0 Å². The fourth-order valence-electron chi connectivity index (χ4n) is 5.74. The van der Waals surface area contributed by atoms with Crippen molar-refractivity contribution in [3.63, 3.8) is 0 Å². The molecular weight excluding hydrogens is 600 g/mol. The van der Waals surface area contributed by atoms with Gasteiger partial charge in [0.15, 0.2) is 0 Å². The molecule has 2 radical (unpaired) electrons. The number of hydrogen-bond acceptors (Lipinski definition) is 0. The Morgan fingerprint density at radius 2 is 0.762 bits per heavy atom. The monoisotopic (exact) mass is 642 g/mol. The van der Waals surface area contributed by atoms with Crippen molar-refractivity contribution in [1.82, 2.24) is 0 Å². The first-order chi connectivity index (χ1) is 19.5. The Morgan fingerprint density at radius 3 is 1.12 bits per heavy atom. The smallest absolute Gasteiger partial charge is 0.165 e. The van der Waals surface area contributed by atoms with Crippen molar-refractivity contribution < 1.29 is 26.2 Å². The zero-order chi connectivity index (χ0) is 29.8. The maximum absolute atomic E-state index is 2.32. The van der Waals surface area contributed by atoms with Crippen LogP contribution in [0.2, 0.25) is 13.1 Å². The van der Waals surface area contributed by atoms with E-state index in [4.69, 9.17) is 0 Å². The molecule has 0 aliphatic heterocycles. The second kappa shape index (κ2) is 14.6. The van der Waals surface area contributed by atoms with Crippen LogP contribution in [0.15, 0.2) is 84.9 Å². The molecule has 0 heterocycles. The molecule has 0 fully saturated rings. The summed E-state index contributed by atoms with van der Waals surface area (Å²) in [5.74, 6) is 0. The minimum absolute atomic E-state index is 0. The quantitative estimate of drug-likeness (QED) is 0.130. The van der Waals surface area contributed by atoms with Gasteiger partial charge in [0.05, 0.1) is 0 Å². The molecule has 0 saturated carbocycles. The first-order valence-corrected chi connectivity index (χ1v) is 16.6. The van der Waals surface area contributed by atoms with Gasteiger partial charge in [-0.3, -0.25) is 0 Å². The largest absolute Gasteiger partial charge is 2.00 e. The molecule has 6 rings (SSSR count). The third-order valence-electron chi connectivity index (χ3n) is 8.05. The second-order valence-electron chi connectivity index (χ2n) is 11.7. The van der Waals surface area contributed by atoms with E-state index >= 15 is 0 Å². The Balaban J connectivity index is 0.000000207. The fourth-order valence-corrected chi connectivity index (χ4v) is 5.74. The van der Waals surface area contributed by atoms with E-state index in [2.05, 4.69) is 153 Å². The molecule has 2 heteroatoms. The van der Waals surface area contributed by atoms with Crippen LogP contribution in [-0.2, 0) is 26.2 Å². The molecule has 0 unspecified atom stereocenters. The number of rotatable bonds is 2. The molecule has 0 nitrogen and oxygen atoms in total. The SMILES string of the molecule is C[Si]C.Cc1cc2c(-c3cc(C)c(C)cc3C)cccc2[cH-]1.Cc1cc2c(-c3cc(C)c(C)cc3C)cccc2[cH-]1.[Zr+2]. The predicted molar refractivity (Wildman–Crippen MR) is 185 cm³/mol. The number of benzene rings is 4. The first-order valence-electron chi connectivity index (χ1n) is 14.6. The van der Waals surface area contributed by atoms with Crippen LogP contribution in [0.3, 0.4) is 0 Å². The van der Waals surface area contributed by atoms with E-state index in [0.29, 0.717) is 0 Å². The molecule has 42 heavy (non-hydrogen) atoms. The molecular formula is C40H44SiZr. The van der Waals surface area contributed by atoms with E-state index in [1.165, 1.54) is 88.3 Å². The summed E-state index contributed by atoms with van der Waals surface area (Å²) in [4.78, 5) is 0. The van der Waals surface area contributed by atoms with Crippen molar-refractivity contribution in [1.29, 1.82) is 0 Å². The summed E-state index contributed by atoms with van der Waals surface area (Å²) >= 11 is 0. The summed E-state index contributed by atoms with van der Waals surface area (Å²) in [6.45, 7) is 21.8. The topological polar surface area (TPSA) is 0 Å². The van der Waals surface area contributed by atoms with Crippen LogP contribution >= 0.6 is 0 Å². The van der Waals surface area contributed by atoms with Crippen molar-refractivity contribution in [2.24, 2.45) is 0 Å². The van der Waals surface area contributed by atoms with Gasteiger partial charge in [-0.2, -0.15) is 12.1 Å². The van der Waals surface area contributed by atoms with Crippen LogP contribution in [-0.4, -0.2) is 9.52 Å². The van der Waals surface area contributed by atoms with Gasteiger partial charge in [0.2, 0.25) is 0 Å². The molecule has 212 valence electrons. The zero-order valence-electron chi connectivity index (χ0n) is 27.1. The molecule has 0 bridgehead atoms. The van der Waals surface area contributed by atoms with Crippen LogP contribution in [0.25, 0.3) is 43.8 Å². The molecule has 0 N–H and O–H groups in total. The molecule has 0 amide bonds. The molecule has 6 aromatic rings. The van der Waals surface area contributed by atoms with E-state index in [9.17, 15) is 0 Å². The Hall–Kier alpha value is -2.80. The van der Waals surface area contributed by atoms with Crippen molar-refractivity contribution in [3.8, 4) is 22.3 Å².